The maximum Gasteiger partial charge on any atom is 0.321 e. The van der Waals surface area contributed by atoms with Gasteiger partial charge in [-0.1, -0.05) is 42.5 Å². The summed E-state index contributed by atoms with van der Waals surface area (Å²) in [7, 11) is 0. The second-order valence-corrected chi connectivity index (χ2v) is 7.64. The maximum atomic E-state index is 12.6. The van der Waals surface area contributed by atoms with E-state index in [1.807, 2.05) is 52.3 Å². The Bertz CT molecular complexity index is 812. The van der Waals surface area contributed by atoms with Gasteiger partial charge in [0, 0.05) is 37.8 Å². The van der Waals surface area contributed by atoms with Crippen LogP contribution in [0.25, 0.3) is 11.1 Å². The molecule has 2 aromatic rings. The van der Waals surface area contributed by atoms with Crippen LogP contribution in [0, 0.1) is 0 Å². The van der Waals surface area contributed by atoms with E-state index < -0.39 is 0 Å². The van der Waals surface area contributed by atoms with Gasteiger partial charge in [-0.25, -0.2) is 4.79 Å². The fraction of sp³-hybridized carbons (Fsp3) is 0.391. The first-order chi connectivity index (χ1) is 13.7. The molecule has 2 aliphatic heterocycles. The van der Waals surface area contributed by atoms with Crippen LogP contribution < -0.4 is 5.32 Å². The average molecular weight is 377 g/mol. The van der Waals surface area contributed by atoms with E-state index in [2.05, 4.69) is 17.4 Å². The Hall–Kier alpha value is -2.82. The minimum atomic E-state index is -0.0594. The highest BCUT2D eigenvalue weighted by Gasteiger charge is 2.30. The fourth-order valence-electron chi connectivity index (χ4n) is 4.17. The van der Waals surface area contributed by atoms with Gasteiger partial charge >= 0.3 is 6.03 Å². The van der Waals surface area contributed by atoms with Crippen molar-refractivity contribution in [1.29, 1.82) is 0 Å². The number of nitrogens with zero attached hydrogens (tertiary/aromatic N) is 2. The second kappa shape index (κ2) is 8.46. The lowest BCUT2D eigenvalue weighted by Gasteiger charge is -2.40. The Labute approximate surface area is 166 Å². The Morgan fingerprint density at radius 1 is 0.857 bits per heavy atom. The fourth-order valence-corrected chi connectivity index (χ4v) is 4.17. The monoisotopic (exact) mass is 377 g/mol. The Kier molecular flexibility index (Phi) is 5.60. The highest BCUT2D eigenvalue weighted by atomic mass is 16.2. The molecule has 2 fully saturated rings. The molecule has 28 heavy (non-hydrogen) atoms. The number of carbonyl (C=O) groups excluding carboxylic acids is 2. The van der Waals surface area contributed by atoms with Crippen molar-refractivity contribution in [3.63, 3.8) is 0 Å². The molecule has 5 nitrogen and oxygen atoms in total. The highest BCUT2D eigenvalue weighted by molar-refractivity contribution is 5.89. The Balaban J connectivity index is 1.30. The predicted molar refractivity (Wildman–Crippen MR) is 111 cm³/mol. The maximum absolute atomic E-state index is 12.6. The summed E-state index contributed by atoms with van der Waals surface area (Å²) >= 11 is 0. The van der Waals surface area contributed by atoms with Crippen LogP contribution >= 0.6 is 0 Å². The van der Waals surface area contributed by atoms with Crippen molar-refractivity contribution < 1.29 is 9.59 Å². The number of urea groups is 1. The number of piperidine rings is 2. The molecule has 2 aliphatic rings. The SMILES string of the molecule is O=C(Nc1ccc(-c2ccccc2)cc1)N1CCC(N2CCCCC2=O)CC1. The van der Waals surface area contributed by atoms with Crippen LogP contribution in [0.4, 0.5) is 10.5 Å². The molecule has 2 aromatic carbocycles. The summed E-state index contributed by atoms with van der Waals surface area (Å²) in [5.74, 6) is 0.285. The standard InChI is InChI=1S/C23H27N3O2/c27-22-8-4-5-15-26(22)21-13-16-25(17-14-21)23(28)24-20-11-9-19(10-12-20)18-6-2-1-3-7-18/h1-3,6-7,9-12,21H,4-5,8,13-17H2,(H,24,28). The third-order valence-corrected chi connectivity index (χ3v) is 5.80. The zero-order valence-corrected chi connectivity index (χ0v) is 16.1. The minimum absolute atomic E-state index is 0.0594. The van der Waals surface area contributed by atoms with Crippen LogP contribution in [0.15, 0.2) is 54.6 Å². The molecule has 0 spiro atoms. The van der Waals surface area contributed by atoms with Crippen molar-refractivity contribution in [2.45, 2.75) is 38.1 Å². The molecule has 2 heterocycles. The number of hydrogen-bond acceptors (Lipinski definition) is 2. The molecule has 4 rings (SSSR count). The molecule has 1 N–H and O–H groups in total. The van der Waals surface area contributed by atoms with Crippen LogP contribution in [-0.4, -0.2) is 47.4 Å². The molecule has 146 valence electrons. The number of benzene rings is 2. The first-order valence-corrected chi connectivity index (χ1v) is 10.2. The zero-order valence-electron chi connectivity index (χ0n) is 16.1. The second-order valence-electron chi connectivity index (χ2n) is 7.64. The van der Waals surface area contributed by atoms with E-state index in [1.165, 1.54) is 0 Å². The van der Waals surface area contributed by atoms with E-state index >= 15 is 0 Å². The van der Waals surface area contributed by atoms with Gasteiger partial charge in [0.05, 0.1) is 0 Å². The van der Waals surface area contributed by atoms with Gasteiger partial charge in [-0.3, -0.25) is 4.79 Å². The zero-order chi connectivity index (χ0) is 19.3. The van der Waals surface area contributed by atoms with Crippen molar-refractivity contribution in [2.24, 2.45) is 0 Å². The lowest BCUT2D eigenvalue weighted by Crippen LogP contribution is -2.50. The summed E-state index contributed by atoms with van der Waals surface area (Å²) in [6, 6.07) is 18.4. The van der Waals surface area contributed by atoms with Gasteiger partial charge < -0.3 is 15.1 Å². The molecule has 0 radical (unpaired) electrons. The van der Waals surface area contributed by atoms with E-state index in [4.69, 9.17) is 0 Å². The summed E-state index contributed by atoms with van der Waals surface area (Å²) < 4.78 is 0. The van der Waals surface area contributed by atoms with Gasteiger partial charge in [-0.2, -0.15) is 0 Å². The van der Waals surface area contributed by atoms with Gasteiger partial charge in [0.15, 0.2) is 0 Å². The predicted octanol–water partition coefficient (Wildman–Crippen LogP) is 4.36. The van der Waals surface area contributed by atoms with Crippen molar-refractivity contribution in [3.8, 4) is 11.1 Å². The number of amides is 3. The lowest BCUT2D eigenvalue weighted by atomic mass is 10.00. The molecule has 5 heteroatoms. The van der Waals surface area contributed by atoms with E-state index in [9.17, 15) is 9.59 Å². The van der Waals surface area contributed by atoms with Crippen LogP contribution in [0.2, 0.25) is 0 Å². The summed E-state index contributed by atoms with van der Waals surface area (Å²) in [5, 5.41) is 3.00. The van der Waals surface area contributed by atoms with Gasteiger partial charge in [0.25, 0.3) is 0 Å². The van der Waals surface area contributed by atoms with Crippen LogP contribution in [0.1, 0.15) is 32.1 Å². The molecule has 0 aromatic heterocycles. The van der Waals surface area contributed by atoms with Gasteiger partial charge in [-0.15, -0.1) is 0 Å². The summed E-state index contributed by atoms with van der Waals surface area (Å²) in [6.07, 6.45) is 4.53. The summed E-state index contributed by atoms with van der Waals surface area (Å²) in [5.41, 5.74) is 3.10. The number of likely N-dealkylation sites (tertiary alicyclic amines) is 2. The van der Waals surface area contributed by atoms with Gasteiger partial charge in [0.1, 0.15) is 0 Å². The topological polar surface area (TPSA) is 52.7 Å². The van der Waals surface area contributed by atoms with Crippen molar-refractivity contribution in [1.82, 2.24) is 9.80 Å². The van der Waals surface area contributed by atoms with Crippen molar-refractivity contribution in [3.05, 3.63) is 54.6 Å². The number of nitrogens with one attached hydrogen (secondary N) is 1. The van der Waals surface area contributed by atoms with Gasteiger partial charge in [-0.05, 0) is 48.9 Å². The van der Waals surface area contributed by atoms with Crippen LogP contribution in [0.3, 0.4) is 0 Å². The number of rotatable bonds is 3. The number of anilines is 1. The van der Waals surface area contributed by atoms with E-state index in [-0.39, 0.29) is 11.9 Å². The average Bonchev–Trinajstić information content (AvgIpc) is 2.75. The minimum Gasteiger partial charge on any atom is -0.340 e. The molecule has 0 saturated carbocycles. The molecular formula is C23H27N3O2. The molecule has 0 unspecified atom stereocenters. The van der Waals surface area contributed by atoms with Gasteiger partial charge in [0.2, 0.25) is 5.91 Å². The van der Waals surface area contributed by atoms with E-state index in [0.717, 1.165) is 49.0 Å². The molecule has 0 aliphatic carbocycles. The largest absolute Gasteiger partial charge is 0.340 e. The first kappa shape index (κ1) is 18.5. The van der Waals surface area contributed by atoms with Crippen molar-refractivity contribution >= 4 is 17.6 Å². The summed E-state index contributed by atoms with van der Waals surface area (Å²) in [4.78, 5) is 28.6. The first-order valence-electron chi connectivity index (χ1n) is 10.2. The third-order valence-electron chi connectivity index (χ3n) is 5.80. The third kappa shape index (κ3) is 4.19. The smallest absolute Gasteiger partial charge is 0.321 e. The Morgan fingerprint density at radius 3 is 2.21 bits per heavy atom. The van der Waals surface area contributed by atoms with Crippen LogP contribution in [0.5, 0.6) is 0 Å². The van der Waals surface area contributed by atoms with E-state index in [1.54, 1.807) is 0 Å². The molecule has 2 saturated heterocycles. The molecule has 0 bridgehead atoms. The Morgan fingerprint density at radius 2 is 1.54 bits per heavy atom. The molecule has 3 amide bonds. The summed E-state index contributed by atoms with van der Waals surface area (Å²) in [6.45, 7) is 2.27. The lowest BCUT2D eigenvalue weighted by molar-refractivity contribution is -0.136. The van der Waals surface area contributed by atoms with Crippen molar-refractivity contribution in [2.75, 3.05) is 25.0 Å². The van der Waals surface area contributed by atoms with E-state index in [0.29, 0.717) is 25.6 Å². The molecular weight excluding hydrogens is 350 g/mol. The quantitative estimate of drug-likeness (QED) is 0.864. The molecule has 0 atom stereocenters. The number of hydrogen-bond donors (Lipinski definition) is 1. The number of carbonyl (C=O) groups is 2. The van der Waals surface area contributed by atoms with Crippen LogP contribution in [-0.2, 0) is 4.79 Å². The highest BCUT2D eigenvalue weighted by Crippen LogP contribution is 2.23. The normalized spacial score (nSPS) is 18.2.